The molecule has 0 saturated heterocycles. The van der Waals surface area contributed by atoms with Gasteiger partial charge in [-0.05, 0) is 36.5 Å². The van der Waals surface area contributed by atoms with Crippen molar-refractivity contribution in [3.63, 3.8) is 0 Å². The quantitative estimate of drug-likeness (QED) is 0.483. The third-order valence-corrected chi connectivity index (χ3v) is 4.95. The Hall–Kier alpha value is -2.61. The van der Waals surface area contributed by atoms with Crippen LogP contribution in [0.4, 0.5) is 0 Å². The van der Waals surface area contributed by atoms with E-state index in [2.05, 4.69) is 51.7 Å². The van der Waals surface area contributed by atoms with E-state index in [1.54, 1.807) is 14.2 Å². The van der Waals surface area contributed by atoms with Crippen molar-refractivity contribution in [1.29, 1.82) is 0 Å². The molecule has 1 aliphatic heterocycles. The van der Waals surface area contributed by atoms with Crippen molar-refractivity contribution >= 4 is 5.96 Å². The maximum Gasteiger partial charge on any atom is 0.191 e. The summed E-state index contributed by atoms with van der Waals surface area (Å²) in [6.07, 6.45) is 2.82. The van der Waals surface area contributed by atoms with Crippen LogP contribution < -0.4 is 15.4 Å². The molecule has 30 heavy (non-hydrogen) atoms. The number of methoxy groups -OCH3 is 1. The van der Waals surface area contributed by atoms with Gasteiger partial charge in [-0.25, -0.2) is 9.67 Å². The van der Waals surface area contributed by atoms with Crippen molar-refractivity contribution in [3.05, 3.63) is 41.5 Å². The zero-order chi connectivity index (χ0) is 21.3. The van der Waals surface area contributed by atoms with Crippen LogP contribution in [0.15, 0.2) is 29.3 Å². The van der Waals surface area contributed by atoms with Gasteiger partial charge >= 0.3 is 0 Å². The molecule has 3 rings (SSSR count). The van der Waals surface area contributed by atoms with Gasteiger partial charge in [-0.3, -0.25) is 4.99 Å². The lowest BCUT2D eigenvalue weighted by Crippen LogP contribution is -2.47. The second-order valence-corrected chi connectivity index (χ2v) is 8.04. The van der Waals surface area contributed by atoms with Crippen LogP contribution in [0.5, 0.6) is 5.75 Å². The molecular formula is C22H34N6O2. The Bertz CT molecular complexity index is 816. The number of aromatic nitrogens is 3. The number of rotatable bonds is 9. The van der Waals surface area contributed by atoms with E-state index in [1.807, 2.05) is 16.8 Å². The molecule has 2 N–H and O–H groups in total. The van der Waals surface area contributed by atoms with Crippen LogP contribution >= 0.6 is 0 Å². The summed E-state index contributed by atoms with van der Waals surface area (Å²) in [6, 6.07) is 8.61. The zero-order valence-corrected chi connectivity index (χ0v) is 18.5. The molecule has 1 unspecified atom stereocenters. The third-order valence-electron chi connectivity index (χ3n) is 4.95. The summed E-state index contributed by atoms with van der Waals surface area (Å²) in [7, 11) is 3.46. The predicted molar refractivity (Wildman–Crippen MR) is 118 cm³/mol. The molecule has 164 valence electrons. The molecule has 1 aliphatic rings. The predicted octanol–water partition coefficient (Wildman–Crippen LogP) is 2.18. The monoisotopic (exact) mass is 414 g/mol. The number of aliphatic imine (C=N–C) groups is 1. The standard InChI is InChI=1S/C22H34N6O2/c1-16(2)14-30-19-8-5-17(6-9-19)11-12-24-22(23-3)25-18-7-10-21-26-20(15-29-4)27-28(21)13-18/h5-6,8-9,16,18H,7,10-15H2,1-4H3,(H2,23,24,25). The van der Waals surface area contributed by atoms with Crippen molar-refractivity contribution in [3.8, 4) is 5.75 Å². The first-order valence-corrected chi connectivity index (χ1v) is 10.7. The van der Waals surface area contributed by atoms with E-state index in [0.29, 0.717) is 12.5 Å². The number of fused-ring (bicyclic) bond motifs is 1. The fraction of sp³-hybridized carbons (Fsp3) is 0.591. The van der Waals surface area contributed by atoms with Crippen LogP contribution in [0, 0.1) is 5.92 Å². The maximum atomic E-state index is 5.74. The number of hydrogen-bond acceptors (Lipinski definition) is 5. The average Bonchev–Trinajstić information content (AvgIpc) is 3.14. The van der Waals surface area contributed by atoms with Crippen LogP contribution in [0.2, 0.25) is 0 Å². The number of benzene rings is 1. The number of nitrogens with one attached hydrogen (secondary N) is 2. The van der Waals surface area contributed by atoms with E-state index in [-0.39, 0.29) is 6.04 Å². The Labute approximate surface area is 179 Å². The Kier molecular flexibility index (Phi) is 8.07. The van der Waals surface area contributed by atoms with Gasteiger partial charge in [-0.15, -0.1) is 0 Å². The van der Waals surface area contributed by atoms with Gasteiger partial charge in [0.2, 0.25) is 0 Å². The van der Waals surface area contributed by atoms with Gasteiger partial charge < -0.3 is 20.1 Å². The van der Waals surface area contributed by atoms with Crippen molar-refractivity contribution in [1.82, 2.24) is 25.4 Å². The Balaban J connectivity index is 1.42. The second kappa shape index (κ2) is 11.0. The highest BCUT2D eigenvalue weighted by molar-refractivity contribution is 5.79. The number of nitrogens with zero attached hydrogens (tertiary/aromatic N) is 4. The summed E-state index contributed by atoms with van der Waals surface area (Å²) in [6.45, 7) is 7.09. The summed E-state index contributed by atoms with van der Waals surface area (Å²) in [5.41, 5.74) is 1.27. The molecule has 0 saturated carbocycles. The summed E-state index contributed by atoms with van der Waals surface area (Å²) in [5, 5.41) is 11.4. The molecule has 0 aliphatic carbocycles. The summed E-state index contributed by atoms with van der Waals surface area (Å²) in [5.74, 6) is 4.05. The first kappa shape index (κ1) is 22.1. The minimum Gasteiger partial charge on any atom is -0.493 e. The summed E-state index contributed by atoms with van der Waals surface area (Å²) < 4.78 is 12.9. The van der Waals surface area contributed by atoms with Crippen molar-refractivity contribution in [2.24, 2.45) is 10.9 Å². The van der Waals surface area contributed by atoms with E-state index < -0.39 is 0 Å². The highest BCUT2D eigenvalue weighted by Crippen LogP contribution is 2.14. The smallest absolute Gasteiger partial charge is 0.191 e. The summed E-state index contributed by atoms with van der Waals surface area (Å²) >= 11 is 0. The Morgan fingerprint density at radius 1 is 1.30 bits per heavy atom. The van der Waals surface area contributed by atoms with E-state index >= 15 is 0 Å². The van der Waals surface area contributed by atoms with Crippen LogP contribution in [0.25, 0.3) is 0 Å². The Morgan fingerprint density at radius 2 is 2.10 bits per heavy atom. The largest absolute Gasteiger partial charge is 0.493 e. The third kappa shape index (κ3) is 6.45. The fourth-order valence-corrected chi connectivity index (χ4v) is 3.40. The molecule has 0 amide bonds. The van der Waals surface area contributed by atoms with Gasteiger partial charge in [0.05, 0.1) is 13.2 Å². The molecule has 0 bridgehead atoms. The van der Waals surface area contributed by atoms with Crippen LogP contribution in [-0.4, -0.2) is 54.1 Å². The molecule has 0 fully saturated rings. The second-order valence-electron chi connectivity index (χ2n) is 8.04. The average molecular weight is 415 g/mol. The van der Waals surface area contributed by atoms with Gasteiger partial charge in [0.25, 0.3) is 0 Å². The first-order valence-electron chi connectivity index (χ1n) is 10.7. The number of ether oxygens (including phenoxy) is 2. The van der Waals surface area contributed by atoms with Gasteiger partial charge in [0.1, 0.15) is 18.2 Å². The SMILES string of the molecule is CN=C(NCCc1ccc(OCC(C)C)cc1)NC1CCc2nc(COC)nn2C1. The molecule has 0 radical (unpaired) electrons. The Morgan fingerprint density at radius 3 is 2.80 bits per heavy atom. The number of aryl methyl sites for hydroxylation is 1. The normalized spacial score (nSPS) is 16.4. The first-order chi connectivity index (χ1) is 14.6. The molecule has 2 aromatic rings. The highest BCUT2D eigenvalue weighted by Gasteiger charge is 2.22. The lowest BCUT2D eigenvalue weighted by Gasteiger charge is -2.25. The van der Waals surface area contributed by atoms with Crippen molar-refractivity contribution < 1.29 is 9.47 Å². The zero-order valence-electron chi connectivity index (χ0n) is 18.5. The lowest BCUT2D eigenvalue weighted by molar-refractivity contribution is 0.177. The van der Waals surface area contributed by atoms with Crippen molar-refractivity contribution in [2.45, 2.75) is 52.3 Å². The highest BCUT2D eigenvalue weighted by atomic mass is 16.5. The number of hydrogen-bond donors (Lipinski definition) is 2. The fourth-order valence-electron chi connectivity index (χ4n) is 3.40. The minimum absolute atomic E-state index is 0.276. The topological polar surface area (TPSA) is 85.6 Å². The number of guanidine groups is 1. The maximum absolute atomic E-state index is 5.74. The molecule has 1 aromatic carbocycles. The molecule has 8 heteroatoms. The van der Waals surface area contributed by atoms with Gasteiger partial charge in [-0.1, -0.05) is 26.0 Å². The van der Waals surface area contributed by atoms with Crippen LogP contribution in [-0.2, 0) is 30.7 Å². The molecule has 1 aromatic heterocycles. The van der Waals surface area contributed by atoms with E-state index in [9.17, 15) is 0 Å². The summed E-state index contributed by atoms with van der Waals surface area (Å²) in [4.78, 5) is 8.90. The molecule has 2 heterocycles. The van der Waals surface area contributed by atoms with E-state index in [1.165, 1.54) is 5.56 Å². The molecular weight excluding hydrogens is 380 g/mol. The lowest BCUT2D eigenvalue weighted by atomic mass is 10.1. The molecule has 1 atom stereocenters. The van der Waals surface area contributed by atoms with Gasteiger partial charge in [0, 0.05) is 33.2 Å². The molecule has 0 spiro atoms. The molecule has 8 nitrogen and oxygen atoms in total. The van der Waals surface area contributed by atoms with Crippen molar-refractivity contribution in [2.75, 3.05) is 27.3 Å². The minimum atomic E-state index is 0.276. The van der Waals surface area contributed by atoms with E-state index in [0.717, 1.165) is 62.3 Å². The van der Waals surface area contributed by atoms with Crippen LogP contribution in [0.1, 0.15) is 37.5 Å². The van der Waals surface area contributed by atoms with E-state index in [4.69, 9.17) is 9.47 Å². The van der Waals surface area contributed by atoms with Gasteiger partial charge in [0.15, 0.2) is 11.8 Å². The van der Waals surface area contributed by atoms with Crippen LogP contribution in [0.3, 0.4) is 0 Å². The van der Waals surface area contributed by atoms with Gasteiger partial charge in [-0.2, -0.15) is 5.10 Å².